The van der Waals surface area contributed by atoms with Crippen molar-refractivity contribution in [3.63, 3.8) is 0 Å². The van der Waals surface area contributed by atoms with E-state index in [0.29, 0.717) is 25.9 Å². The van der Waals surface area contributed by atoms with Crippen molar-refractivity contribution in [2.24, 2.45) is 11.3 Å². The maximum Gasteiger partial charge on any atom is 0.309 e. The fraction of sp³-hybridized carbons (Fsp3) is 0.867. The second kappa shape index (κ2) is 6.12. The van der Waals surface area contributed by atoms with E-state index in [0.717, 1.165) is 19.6 Å². The van der Waals surface area contributed by atoms with Gasteiger partial charge in [0.2, 0.25) is 5.91 Å². The molecule has 2 fully saturated rings. The third-order valence-corrected chi connectivity index (χ3v) is 4.85. The van der Waals surface area contributed by atoms with Gasteiger partial charge in [0.1, 0.15) is 0 Å². The number of carbonyl (C=O) groups is 2. The molecule has 1 N–H and O–H groups in total. The van der Waals surface area contributed by atoms with E-state index in [1.807, 2.05) is 11.8 Å². The molecule has 0 unspecified atom stereocenters. The van der Waals surface area contributed by atoms with Crippen LogP contribution in [0.25, 0.3) is 0 Å². The molecule has 0 radical (unpaired) electrons. The Balaban J connectivity index is 1.83. The van der Waals surface area contributed by atoms with Crippen LogP contribution in [0.4, 0.5) is 0 Å². The summed E-state index contributed by atoms with van der Waals surface area (Å²) in [5.74, 6) is -0.540. The van der Waals surface area contributed by atoms with Crippen LogP contribution in [0, 0.1) is 11.3 Å². The Bertz CT molecular complexity index is 369. The van der Waals surface area contributed by atoms with Gasteiger partial charge in [-0.25, -0.2) is 0 Å². The van der Waals surface area contributed by atoms with E-state index in [2.05, 4.69) is 4.90 Å². The topological polar surface area (TPSA) is 60.9 Å². The van der Waals surface area contributed by atoms with Crippen molar-refractivity contribution in [2.75, 3.05) is 32.7 Å². The van der Waals surface area contributed by atoms with Crippen LogP contribution in [0.15, 0.2) is 0 Å². The van der Waals surface area contributed by atoms with Gasteiger partial charge in [0.25, 0.3) is 0 Å². The van der Waals surface area contributed by atoms with Crippen molar-refractivity contribution in [3.8, 4) is 0 Å². The van der Waals surface area contributed by atoms with Gasteiger partial charge < -0.3 is 14.9 Å². The molecule has 1 atom stereocenters. The van der Waals surface area contributed by atoms with Gasteiger partial charge in [-0.2, -0.15) is 0 Å². The molecule has 114 valence electrons. The molecule has 2 saturated heterocycles. The summed E-state index contributed by atoms with van der Waals surface area (Å²) in [6.07, 6.45) is 3.60. The largest absolute Gasteiger partial charge is 0.481 e. The summed E-state index contributed by atoms with van der Waals surface area (Å²) in [6.45, 7) is 7.98. The summed E-state index contributed by atoms with van der Waals surface area (Å²) in [5.41, 5.74) is -0.658. The molecule has 0 aromatic carbocycles. The first kappa shape index (κ1) is 15.3. The van der Waals surface area contributed by atoms with Crippen molar-refractivity contribution in [2.45, 2.75) is 39.5 Å². The van der Waals surface area contributed by atoms with Gasteiger partial charge in [-0.1, -0.05) is 6.92 Å². The van der Waals surface area contributed by atoms with Gasteiger partial charge in [-0.3, -0.25) is 9.59 Å². The van der Waals surface area contributed by atoms with E-state index < -0.39 is 11.4 Å². The number of piperidine rings is 1. The summed E-state index contributed by atoms with van der Waals surface area (Å²) < 4.78 is 0. The molecule has 2 heterocycles. The number of nitrogens with zero attached hydrogens (tertiary/aromatic N) is 2. The maximum atomic E-state index is 12.4. The van der Waals surface area contributed by atoms with E-state index in [-0.39, 0.29) is 11.8 Å². The number of likely N-dealkylation sites (tertiary alicyclic amines) is 2. The number of aliphatic carboxylic acids is 1. The highest BCUT2D eigenvalue weighted by molar-refractivity contribution is 5.80. The molecule has 2 aliphatic heterocycles. The minimum absolute atomic E-state index is 0.0160. The molecule has 2 aliphatic rings. The molecule has 5 nitrogen and oxygen atoms in total. The normalized spacial score (nSPS) is 24.6. The van der Waals surface area contributed by atoms with Crippen LogP contribution in [0.1, 0.15) is 39.5 Å². The molecule has 2 rings (SSSR count). The van der Waals surface area contributed by atoms with E-state index in [4.69, 9.17) is 0 Å². The highest BCUT2D eigenvalue weighted by Crippen LogP contribution is 2.31. The number of carbonyl (C=O) groups excluding carboxylic acids is 1. The second-order valence-corrected chi connectivity index (χ2v) is 6.60. The van der Waals surface area contributed by atoms with Crippen molar-refractivity contribution >= 4 is 11.9 Å². The fourth-order valence-corrected chi connectivity index (χ4v) is 3.18. The number of carboxylic acid groups (broad SMARTS) is 1. The van der Waals surface area contributed by atoms with Gasteiger partial charge in [0.15, 0.2) is 0 Å². The highest BCUT2D eigenvalue weighted by Gasteiger charge is 2.38. The molecule has 5 heteroatoms. The molecular formula is C15H26N2O3. The molecule has 1 amide bonds. The zero-order valence-corrected chi connectivity index (χ0v) is 12.6. The minimum Gasteiger partial charge on any atom is -0.481 e. The monoisotopic (exact) mass is 282 g/mol. The second-order valence-electron chi connectivity index (χ2n) is 6.60. The van der Waals surface area contributed by atoms with E-state index in [9.17, 15) is 14.7 Å². The Kier molecular flexibility index (Phi) is 4.68. The lowest BCUT2D eigenvalue weighted by atomic mass is 9.80. The molecular weight excluding hydrogens is 256 g/mol. The van der Waals surface area contributed by atoms with Crippen LogP contribution in [0.5, 0.6) is 0 Å². The van der Waals surface area contributed by atoms with Crippen LogP contribution in [-0.2, 0) is 9.59 Å². The summed E-state index contributed by atoms with van der Waals surface area (Å²) in [7, 11) is 0. The van der Waals surface area contributed by atoms with Gasteiger partial charge in [-0.05, 0) is 45.7 Å². The predicted octanol–water partition coefficient (Wildman–Crippen LogP) is 1.43. The molecule has 0 aliphatic carbocycles. The molecule has 0 aromatic rings. The van der Waals surface area contributed by atoms with Crippen LogP contribution in [0.2, 0.25) is 0 Å². The van der Waals surface area contributed by atoms with Crippen LogP contribution >= 0.6 is 0 Å². The number of hydrogen-bond donors (Lipinski definition) is 1. The quantitative estimate of drug-likeness (QED) is 0.847. The summed E-state index contributed by atoms with van der Waals surface area (Å²) in [5, 5.41) is 9.21. The fourth-order valence-electron chi connectivity index (χ4n) is 3.18. The zero-order chi connectivity index (χ0) is 14.8. The number of rotatable bonds is 4. The zero-order valence-electron chi connectivity index (χ0n) is 12.6. The third kappa shape index (κ3) is 3.32. The van der Waals surface area contributed by atoms with E-state index in [1.165, 1.54) is 12.8 Å². The van der Waals surface area contributed by atoms with Crippen LogP contribution < -0.4 is 0 Å². The van der Waals surface area contributed by atoms with Crippen molar-refractivity contribution < 1.29 is 14.7 Å². The summed E-state index contributed by atoms with van der Waals surface area (Å²) in [4.78, 5) is 27.8. The third-order valence-electron chi connectivity index (χ3n) is 4.85. The Morgan fingerprint density at radius 2 is 1.70 bits per heavy atom. The average Bonchev–Trinajstić information content (AvgIpc) is 2.91. The lowest BCUT2D eigenvalue weighted by Crippen LogP contribution is -2.48. The number of amides is 1. The van der Waals surface area contributed by atoms with Gasteiger partial charge >= 0.3 is 5.97 Å². The summed E-state index contributed by atoms with van der Waals surface area (Å²) >= 11 is 0. The number of hydrogen-bond acceptors (Lipinski definition) is 3. The van der Waals surface area contributed by atoms with E-state index in [1.54, 1.807) is 6.92 Å². The standard InChI is InChI=1S/C15H26N2O3/c1-12(11-16-7-3-4-8-16)13(18)17-9-5-15(2,6-10-17)14(19)20/h12H,3-11H2,1-2H3,(H,19,20)/t12-/m0/s1. The molecule has 0 bridgehead atoms. The number of carboxylic acids is 1. The predicted molar refractivity (Wildman–Crippen MR) is 76.4 cm³/mol. The van der Waals surface area contributed by atoms with Crippen molar-refractivity contribution in [1.82, 2.24) is 9.80 Å². The molecule has 0 spiro atoms. The van der Waals surface area contributed by atoms with Gasteiger partial charge in [-0.15, -0.1) is 0 Å². The molecule has 0 saturated carbocycles. The van der Waals surface area contributed by atoms with Crippen molar-refractivity contribution in [3.05, 3.63) is 0 Å². The van der Waals surface area contributed by atoms with Crippen LogP contribution in [-0.4, -0.2) is 59.5 Å². The van der Waals surface area contributed by atoms with Gasteiger partial charge in [0, 0.05) is 25.6 Å². The first-order chi connectivity index (χ1) is 9.42. The lowest BCUT2D eigenvalue weighted by Gasteiger charge is -2.37. The van der Waals surface area contributed by atoms with Crippen LogP contribution in [0.3, 0.4) is 0 Å². The smallest absolute Gasteiger partial charge is 0.309 e. The SMILES string of the molecule is C[C@@H](CN1CCCC1)C(=O)N1CCC(C)(C(=O)O)CC1. The molecule has 0 aromatic heterocycles. The average molecular weight is 282 g/mol. The minimum atomic E-state index is -0.741. The van der Waals surface area contributed by atoms with Crippen molar-refractivity contribution in [1.29, 1.82) is 0 Å². The summed E-state index contributed by atoms with van der Waals surface area (Å²) in [6, 6.07) is 0. The maximum absolute atomic E-state index is 12.4. The first-order valence-electron chi connectivity index (χ1n) is 7.67. The Morgan fingerprint density at radius 3 is 2.20 bits per heavy atom. The molecule has 20 heavy (non-hydrogen) atoms. The Hall–Kier alpha value is -1.10. The Morgan fingerprint density at radius 1 is 1.15 bits per heavy atom. The van der Waals surface area contributed by atoms with Gasteiger partial charge in [0.05, 0.1) is 5.41 Å². The lowest BCUT2D eigenvalue weighted by molar-refractivity contribution is -0.153. The Labute approximate surface area is 120 Å². The highest BCUT2D eigenvalue weighted by atomic mass is 16.4. The van der Waals surface area contributed by atoms with E-state index >= 15 is 0 Å². The first-order valence-corrected chi connectivity index (χ1v) is 7.67.